The second-order valence-corrected chi connectivity index (χ2v) is 6.34. The van der Waals surface area contributed by atoms with E-state index in [1.54, 1.807) is 0 Å². The van der Waals surface area contributed by atoms with Gasteiger partial charge in [-0.3, -0.25) is 9.59 Å². The lowest BCUT2D eigenvalue weighted by Crippen LogP contribution is -2.39. The minimum absolute atomic E-state index is 0.0181. The zero-order valence-electron chi connectivity index (χ0n) is 13.9. The molecule has 0 unspecified atom stereocenters. The molecule has 0 spiro atoms. The van der Waals surface area contributed by atoms with Gasteiger partial charge in [-0.15, -0.1) is 0 Å². The maximum atomic E-state index is 12.3. The van der Waals surface area contributed by atoms with Crippen molar-refractivity contribution in [2.75, 3.05) is 19.7 Å². The molecule has 0 aromatic heterocycles. The van der Waals surface area contributed by atoms with Gasteiger partial charge in [-0.1, -0.05) is 30.3 Å². The highest BCUT2D eigenvalue weighted by Crippen LogP contribution is 2.15. The molecule has 0 saturated carbocycles. The number of nitrogens with zero attached hydrogens (tertiary/aromatic N) is 1. The zero-order valence-corrected chi connectivity index (χ0v) is 13.9. The number of carbonyl (C=O) groups excluding carboxylic acids is 2. The monoisotopic (exact) mass is 328 g/mol. The van der Waals surface area contributed by atoms with Gasteiger partial charge in [-0.2, -0.15) is 0 Å². The molecule has 2 aliphatic rings. The summed E-state index contributed by atoms with van der Waals surface area (Å²) < 4.78 is 5.38. The molecule has 1 aromatic rings. The van der Waals surface area contributed by atoms with Gasteiger partial charge in [0, 0.05) is 25.6 Å². The molecule has 3 rings (SSSR count). The average molecular weight is 328 g/mol. The summed E-state index contributed by atoms with van der Waals surface area (Å²) >= 11 is 0. The highest BCUT2D eigenvalue weighted by atomic mass is 16.5. The number of amides is 2. The number of aryl methyl sites for hydroxylation is 1. The first-order valence-corrected chi connectivity index (χ1v) is 8.68. The largest absolute Gasteiger partial charge is 0.488 e. The van der Waals surface area contributed by atoms with Gasteiger partial charge < -0.3 is 15.0 Å². The fourth-order valence-electron chi connectivity index (χ4n) is 3.13. The van der Waals surface area contributed by atoms with Crippen LogP contribution in [0.25, 0.3) is 0 Å². The van der Waals surface area contributed by atoms with Crippen LogP contribution in [0.2, 0.25) is 0 Å². The summed E-state index contributed by atoms with van der Waals surface area (Å²) in [5, 5.41) is 2.98. The van der Waals surface area contributed by atoms with Crippen molar-refractivity contribution in [3.05, 3.63) is 47.7 Å². The van der Waals surface area contributed by atoms with E-state index in [0.717, 1.165) is 25.7 Å². The number of carbonyl (C=O) groups is 2. The Balaban J connectivity index is 1.43. The maximum absolute atomic E-state index is 12.3. The van der Waals surface area contributed by atoms with Gasteiger partial charge in [0.2, 0.25) is 5.91 Å². The Morgan fingerprint density at radius 3 is 2.83 bits per heavy atom. The summed E-state index contributed by atoms with van der Waals surface area (Å²) in [6.45, 7) is 1.90. The Labute approximate surface area is 142 Å². The molecular weight excluding hydrogens is 304 g/mol. The summed E-state index contributed by atoms with van der Waals surface area (Å²) in [5.74, 6) is 0.428. The lowest BCUT2D eigenvalue weighted by Gasteiger charge is -2.19. The van der Waals surface area contributed by atoms with Gasteiger partial charge in [0.05, 0.1) is 6.61 Å². The number of rotatable bonds is 5. The van der Waals surface area contributed by atoms with E-state index in [1.165, 1.54) is 5.56 Å². The van der Waals surface area contributed by atoms with Crippen LogP contribution in [0.5, 0.6) is 0 Å². The van der Waals surface area contributed by atoms with Crippen LogP contribution in [0, 0.1) is 0 Å². The predicted octanol–water partition coefficient (Wildman–Crippen LogP) is 2.03. The molecule has 1 atom stereocenters. The molecule has 2 heterocycles. The molecule has 1 saturated heterocycles. The Kier molecular flexibility index (Phi) is 5.51. The van der Waals surface area contributed by atoms with Crippen molar-refractivity contribution in [2.24, 2.45) is 0 Å². The molecule has 2 aliphatic heterocycles. The van der Waals surface area contributed by atoms with Crippen LogP contribution in [0.1, 0.15) is 31.2 Å². The van der Waals surface area contributed by atoms with Crippen molar-refractivity contribution in [3.8, 4) is 0 Å². The molecule has 5 heteroatoms. The first-order chi connectivity index (χ1) is 11.7. The summed E-state index contributed by atoms with van der Waals surface area (Å²) in [5.41, 5.74) is 1.18. The lowest BCUT2D eigenvalue weighted by atomic mass is 10.1. The van der Waals surface area contributed by atoms with E-state index >= 15 is 0 Å². The average Bonchev–Trinajstić information content (AvgIpc) is 3.10. The van der Waals surface area contributed by atoms with E-state index in [0.29, 0.717) is 31.9 Å². The van der Waals surface area contributed by atoms with Crippen molar-refractivity contribution in [2.45, 2.75) is 38.1 Å². The number of likely N-dealkylation sites (tertiary alicyclic amines) is 1. The molecule has 128 valence electrons. The second-order valence-electron chi connectivity index (χ2n) is 6.34. The first kappa shape index (κ1) is 16.6. The molecule has 24 heavy (non-hydrogen) atoms. The van der Waals surface area contributed by atoms with Crippen molar-refractivity contribution >= 4 is 11.8 Å². The van der Waals surface area contributed by atoms with Crippen LogP contribution in [-0.4, -0.2) is 42.5 Å². The van der Waals surface area contributed by atoms with Gasteiger partial charge in [0.1, 0.15) is 0 Å². The Morgan fingerprint density at radius 2 is 2.08 bits per heavy atom. The van der Waals surface area contributed by atoms with Gasteiger partial charge >= 0.3 is 0 Å². The van der Waals surface area contributed by atoms with E-state index in [2.05, 4.69) is 5.32 Å². The van der Waals surface area contributed by atoms with E-state index in [1.807, 2.05) is 41.3 Å². The molecule has 1 aromatic carbocycles. The number of hydrogen-bond donors (Lipinski definition) is 1. The molecule has 5 nitrogen and oxygen atoms in total. The predicted molar refractivity (Wildman–Crippen MR) is 91.2 cm³/mol. The summed E-state index contributed by atoms with van der Waals surface area (Å²) in [6, 6.07) is 10.1. The summed E-state index contributed by atoms with van der Waals surface area (Å²) in [6.07, 6.45) is 5.76. The topological polar surface area (TPSA) is 58.6 Å². The number of allylic oxidation sites excluding steroid dienone is 1. The van der Waals surface area contributed by atoms with Gasteiger partial charge in [-0.25, -0.2) is 0 Å². The van der Waals surface area contributed by atoms with Gasteiger partial charge in [0.15, 0.2) is 5.76 Å². The van der Waals surface area contributed by atoms with Crippen LogP contribution < -0.4 is 5.32 Å². The van der Waals surface area contributed by atoms with Crippen LogP contribution >= 0.6 is 0 Å². The van der Waals surface area contributed by atoms with Crippen molar-refractivity contribution < 1.29 is 14.3 Å². The third-order valence-corrected chi connectivity index (χ3v) is 4.51. The highest BCUT2D eigenvalue weighted by Gasteiger charge is 2.28. The Bertz CT molecular complexity index is 612. The molecule has 0 radical (unpaired) electrons. The van der Waals surface area contributed by atoms with E-state index in [9.17, 15) is 9.59 Å². The second kappa shape index (κ2) is 7.99. The highest BCUT2D eigenvalue weighted by molar-refractivity contribution is 5.91. The smallest absolute Gasteiger partial charge is 0.286 e. The minimum Gasteiger partial charge on any atom is -0.488 e. The zero-order chi connectivity index (χ0) is 16.8. The van der Waals surface area contributed by atoms with Gasteiger partial charge in [0.25, 0.3) is 5.91 Å². The Morgan fingerprint density at radius 1 is 1.25 bits per heavy atom. The fraction of sp³-hybridized carbons (Fsp3) is 0.474. The van der Waals surface area contributed by atoms with Crippen LogP contribution in [0.3, 0.4) is 0 Å². The van der Waals surface area contributed by atoms with Crippen LogP contribution in [0.4, 0.5) is 0 Å². The number of hydrogen-bond acceptors (Lipinski definition) is 3. The molecule has 2 amide bonds. The third-order valence-electron chi connectivity index (χ3n) is 4.51. The van der Waals surface area contributed by atoms with Crippen molar-refractivity contribution in [1.82, 2.24) is 10.2 Å². The fourth-order valence-corrected chi connectivity index (χ4v) is 3.13. The molecule has 1 N–H and O–H groups in total. The number of ether oxygens (including phenoxy) is 1. The minimum atomic E-state index is -0.154. The molecule has 1 fully saturated rings. The van der Waals surface area contributed by atoms with Crippen LogP contribution in [0.15, 0.2) is 42.2 Å². The Hall–Kier alpha value is -2.30. The van der Waals surface area contributed by atoms with E-state index < -0.39 is 0 Å². The molecular formula is C19H24N2O3. The molecule has 0 aliphatic carbocycles. The van der Waals surface area contributed by atoms with Crippen molar-refractivity contribution in [1.29, 1.82) is 0 Å². The standard InChI is InChI=1S/C19H24N2O3/c22-18(10-9-15-6-2-1-3-7-15)21-12-11-16(14-21)20-19(23)17-8-4-5-13-24-17/h1-3,6-8,16H,4-5,9-14H2,(H,20,23)/t16-/m0/s1. The summed E-state index contributed by atoms with van der Waals surface area (Å²) in [4.78, 5) is 26.3. The normalized spacial score (nSPS) is 20.2. The molecule has 0 bridgehead atoms. The van der Waals surface area contributed by atoms with Gasteiger partial charge in [-0.05, 0) is 37.3 Å². The van der Waals surface area contributed by atoms with Crippen LogP contribution in [-0.2, 0) is 20.7 Å². The van der Waals surface area contributed by atoms with Crippen molar-refractivity contribution in [3.63, 3.8) is 0 Å². The third kappa shape index (κ3) is 4.37. The lowest BCUT2D eigenvalue weighted by molar-refractivity contribution is -0.130. The summed E-state index contributed by atoms with van der Waals surface area (Å²) in [7, 11) is 0. The number of nitrogens with one attached hydrogen (secondary N) is 1. The SMILES string of the molecule is O=C(N[C@H]1CCN(C(=O)CCc2ccccc2)C1)C1=CCCCO1. The van der Waals surface area contributed by atoms with E-state index in [-0.39, 0.29) is 17.9 Å². The maximum Gasteiger partial charge on any atom is 0.286 e. The number of benzene rings is 1. The quantitative estimate of drug-likeness (QED) is 0.900. The first-order valence-electron chi connectivity index (χ1n) is 8.68. The van der Waals surface area contributed by atoms with E-state index in [4.69, 9.17) is 4.74 Å².